The first-order chi connectivity index (χ1) is 21.3. The molecule has 0 saturated heterocycles. The average Bonchev–Trinajstić information content (AvgIpc) is 3.67. The van der Waals surface area contributed by atoms with Gasteiger partial charge in [0.1, 0.15) is 11.4 Å². The van der Waals surface area contributed by atoms with E-state index in [9.17, 15) is 42.6 Å². The number of benzene rings is 3. The second-order valence-corrected chi connectivity index (χ2v) is 10.1. The van der Waals surface area contributed by atoms with Crippen LogP contribution in [0, 0.1) is 5.92 Å². The molecule has 1 aliphatic rings. The minimum atomic E-state index is -4.76. The number of alkyl halides is 3. The van der Waals surface area contributed by atoms with E-state index in [2.05, 4.69) is 9.72 Å². The summed E-state index contributed by atoms with van der Waals surface area (Å²) in [5.41, 5.74) is 1.30. The van der Waals surface area contributed by atoms with Crippen LogP contribution in [0.2, 0.25) is 0 Å². The van der Waals surface area contributed by atoms with Crippen LogP contribution in [-0.2, 0) is 14.4 Å². The fourth-order valence-corrected chi connectivity index (χ4v) is 4.87. The lowest BCUT2D eigenvalue weighted by Gasteiger charge is -2.21. The van der Waals surface area contributed by atoms with Crippen LogP contribution in [0.5, 0.6) is 5.75 Å². The normalized spacial score (nSPS) is 14.2. The molecule has 5 N–H and O–H groups in total. The molecular formula is C32H30F3NO9. The maximum absolute atomic E-state index is 12.0. The molecule has 2 atom stereocenters. The molecule has 0 aliphatic heterocycles. The van der Waals surface area contributed by atoms with Gasteiger partial charge in [-0.25, -0.2) is 4.79 Å². The third-order valence-corrected chi connectivity index (χ3v) is 6.94. The van der Waals surface area contributed by atoms with Crippen molar-refractivity contribution in [1.82, 2.24) is 4.98 Å². The summed E-state index contributed by atoms with van der Waals surface area (Å²) in [7, 11) is 0. The number of nitrogens with one attached hydrogen (secondary N) is 1. The number of aromatic carboxylic acids is 1. The highest BCUT2D eigenvalue weighted by molar-refractivity contribution is 5.94. The lowest BCUT2D eigenvalue weighted by atomic mass is 9.81. The summed E-state index contributed by atoms with van der Waals surface area (Å²) in [4.78, 5) is 46.5. The predicted octanol–water partition coefficient (Wildman–Crippen LogP) is 6.75. The Morgan fingerprint density at radius 1 is 0.733 bits per heavy atom. The highest BCUT2D eigenvalue weighted by atomic mass is 19.4. The Bertz CT molecular complexity index is 1540. The highest BCUT2D eigenvalue weighted by Crippen LogP contribution is 2.34. The number of rotatable bonds is 8. The van der Waals surface area contributed by atoms with Gasteiger partial charge in [-0.15, -0.1) is 13.2 Å². The lowest BCUT2D eigenvalue weighted by Crippen LogP contribution is -2.26. The summed E-state index contributed by atoms with van der Waals surface area (Å²) in [6.07, 6.45) is -0.752. The van der Waals surface area contributed by atoms with Gasteiger partial charge < -0.3 is 30.1 Å². The van der Waals surface area contributed by atoms with E-state index in [0.717, 1.165) is 37.8 Å². The molecule has 13 heteroatoms. The molecule has 1 fully saturated rings. The van der Waals surface area contributed by atoms with Crippen molar-refractivity contribution in [2.45, 2.75) is 43.9 Å². The molecule has 1 aromatic heterocycles. The molecule has 0 spiro atoms. The molecule has 0 radical (unpaired) electrons. The van der Waals surface area contributed by atoms with E-state index in [0.29, 0.717) is 22.0 Å². The Balaban J connectivity index is 0.000000200. The fourth-order valence-electron chi connectivity index (χ4n) is 4.87. The number of aromatic amines is 1. The van der Waals surface area contributed by atoms with Gasteiger partial charge in [-0.3, -0.25) is 14.4 Å². The molecule has 4 aromatic rings. The Hall–Kier alpha value is -5.33. The van der Waals surface area contributed by atoms with E-state index >= 15 is 0 Å². The van der Waals surface area contributed by atoms with Crippen LogP contribution in [0.3, 0.4) is 0 Å². The molecular weight excluding hydrogens is 599 g/mol. The summed E-state index contributed by atoms with van der Waals surface area (Å²) in [5.74, 6) is -6.72. The monoisotopic (exact) mass is 629 g/mol. The molecule has 10 nitrogen and oxygen atoms in total. The summed E-state index contributed by atoms with van der Waals surface area (Å²) in [5, 5.41) is 36.3. The number of halogens is 3. The first-order valence-electron chi connectivity index (χ1n) is 13.7. The van der Waals surface area contributed by atoms with Crippen molar-refractivity contribution in [1.29, 1.82) is 0 Å². The summed E-state index contributed by atoms with van der Waals surface area (Å²) in [6, 6.07) is 21.7. The summed E-state index contributed by atoms with van der Waals surface area (Å²) >= 11 is 0. The van der Waals surface area contributed by atoms with Gasteiger partial charge in [-0.2, -0.15) is 0 Å². The van der Waals surface area contributed by atoms with Gasteiger partial charge in [0, 0.05) is 10.9 Å². The number of H-pyrrole nitrogens is 1. The maximum atomic E-state index is 12.0. The number of aliphatic carboxylic acids is 3. The van der Waals surface area contributed by atoms with E-state index in [-0.39, 0.29) is 17.4 Å². The van der Waals surface area contributed by atoms with E-state index in [1.165, 1.54) is 12.1 Å². The Morgan fingerprint density at radius 2 is 1.22 bits per heavy atom. The van der Waals surface area contributed by atoms with Crippen LogP contribution in [0.25, 0.3) is 10.9 Å². The molecule has 0 unspecified atom stereocenters. The molecule has 45 heavy (non-hydrogen) atoms. The average molecular weight is 630 g/mol. The van der Waals surface area contributed by atoms with E-state index in [1.807, 2.05) is 0 Å². The molecule has 1 heterocycles. The third-order valence-electron chi connectivity index (χ3n) is 6.94. The van der Waals surface area contributed by atoms with E-state index in [4.69, 9.17) is 10.2 Å². The summed E-state index contributed by atoms with van der Waals surface area (Å²) < 4.78 is 39.6. The predicted molar refractivity (Wildman–Crippen MR) is 155 cm³/mol. The van der Waals surface area contributed by atoms with Gasteiger partial charge in [0.05, 0.1) is 17.8 Å². The van der Waals surface area contributed by atoms with Crippen molar-refractivity contribution in [3.63, 3.8) is 0 Å². The number of hydrogen-bond donors (Lipinski definition) is 5. The van der Waals surface area contributed by atoms with Crippen LogP contribution >= 0.6 is 0 Å². The SMILES string of the molecule is O=C(O)C1CCCC1.O=C(O)[C@H](c1ccccc1)[C@@H](C(=O)O)c1ccccc1.O=C(O)c1cc2cc(OC(F)(F)F)ccc2[nH]1. The van der Waals surface area contributed by atoms with Crippen LogP contribution in [0.15, 0.2) is 84.9 Å². The first kappa shape index (κ1) is 34.2. The van der Waals surface area contributed by atoms with E-state index < -0.39 is 42.1 Å². The molecule has 0 bridgehead atoms. The minimum Gasteiger partial charge on any atom is -0.481 e. The molecule has 1 aliphatic carbocycles. The second kappa shape index (κ2) is 15.4. The lowest BCUT2D eigenvalue weighted by molar-refractivity contribution is -0.274. The third kappa shape index (κ3) is 10.1. The maximum Gasteiger partial charge on any atom is 0.573 e. The minimum absolute atomic E-state index is 0.0185. The van der Waals surface area contributed by atoms with Crippen molar-refractivity contribution in [2.75, 3.05) is 0 Å². The topological polar surface area (TPSA) is 174 Å². The smallest absolute Gasteiger partial charge is 0.481 e. The largest absolute Gasteiger partial charge is 0.573 e. The molecule has 238 valence electrons. The Morgan fingerprint density at radius 3 is 1.60 bits per heavy atom. The van der Waals surface area contributed by atoms with Crippen molar-refractivity contribution < 1.29 is 57.5 Å². The van der Waals surface area contributed by atoms with Gasteiger partial charge in [-0.1, -0.05) is 73.5 Å². The first-order valence-corrected chi connectivity index (χ1v) is 13.7. The number of fused-ring (bicyclic) bond motifs is 1. The number of hydrogen-bond acceptors (Lipinski definition) is 5. The van der Waals surface area contributed by atoms with Gasteiger partial charge in [0.15, 0.2) is 0 Å². The van der Waals surface area contributed by atoms with Crippen molar-refractivity contribution in [2.24, 2.45) is 5.92 Å². The Labute approximate surface area is 254 Å². The number of ether oxygens (including phenoxy) is 1. The molecule has 0 amide bonds. The van der Waals surface area contributed by atoms with E-state index in [1.54, 1.807) is 60.7 Å². The van der Waals surface area contributed by atoms with Crippen molar-refractivity contribution in [3.05, 3.63) is 102 Å². The van der Waals surface area contributed by atoms with Gasteiger partial charge in [-0.05, 0) is 48.2 Å². The van der Waals surface area contributed by atoms with Crippen LogP contribution in [0.1, 0.15) is 59.1 Å². The number of carbonyl (C=O) groups is 4. The van der Waals surface area contributed by atoms with Crippen LogP contribution in [0.4, 0.5) is 13.2 Å². The summed E-state index contributed by atoms with van der Waals surface area (Å²) in [6.45, 7) is 0. The highest BCUT2D eigenvalue weighted by Gasteiger charge is 2.36. The van der Waals surface area contributed by atoms with Crippen LogP contribution < -0.4 is 4.74 Å². The van der Waals surface area contributed by atoms with Gasteiger partial charge >= 0.3 is 30.2 Å². The Kier molecular flexibility index (Phi) is 11.7. The number of carboxylic acids is 4. The fraction of sp³-hybridized carbons (Fsp3) is 0.250. The molecule has 3 aromatic carbocycles. The zero-order valence-corrected chi connectivity index (χ0v) is 23.6. The molecule has 5 rings (SSSR count). The zero-order valence-electron chi connectivity index (χ0n) is 23.6. The zero-order chi connectivity index (χ0) is 33.1. The van der Waals surface area contributed by atoms with Crippen molar-refractivity contribution >= 4 is 34.8 Å². The number of aromatic nitrogens is 1. The number of carboxylic acid groups (broad SMARTS) is 4. The van der Waals surface area contributed by atoms with Gasteiger partial charge in [0.25, 0.3) is 0 Å². The van der Waals surface area contributed by atoms with Crippen LogP contribution in [-0.4, -0.2) is 55.6 Å². The van der Waals surface area contributed by atoms with Gasteiger partial charge in [0.2, 0.25) is 0 Å². The molecule has 1 saturated carbocycles. The standard InChI is InChI=1S/C16H14O4.C10H6F3NO3.C6H10O2/c17-15(18)13(11-7-3-1-4-8-11)14(16(19)20)12-9-5-2-6-10-12;11-10(12,13)17-6-1-2-7-5(3-6)4-8(14-7)9(15)16;7-6(8)5-3-1-2-4-5/h1-10,13-14H,(H,17,18)(H,19,20);1-4,14H,(H,15,16);5H,1-4H2,(H,7,8)/t13-,14+;;. The van der Waals surface area contributed by atoms with Crippen molar-refractivity contribution in [3.8, 4) is 5.75 Å². The second-order valence-electron chi connectivity index (χ2n) is 10.1. The quantitative estimate of drug-likeness (QED) is 0.141.